The summed E-state index contributed by atoms with van der Waals surface area (Å²) in [5.74, 6) is -1.90. The van der Waals surface area contributed by atoms with Crippen molar-refractivity contribution in [3.05, 3.63) is 40.3 Å². The SMILES string of the molecule is CO/C=C(/Oc1ccc(Cl)c(CSC)c1C(=O)O)C(=O)OC. The number of esters is 1. The van der Waals surface area contributed by atoms with Gasteiger partial charge in [-0.2, -0.15) is 11.8 Å². The largest absolute Gasteiger partial charge is 0.500 e. The van der Waals surface area contributed by atoms with Gasteiger partial charge in [0.15, 0.2) is 0 Å². The minimum atomic E-state index is -1.21. The summed E-state index contributed by atoms with van der Waals surface area (Å²) >= 11 is 7.46. The zero-order chi connectivity index (χ0) is 16.7. The number of halogens is 1. The molecule has 0 amide bonds. The average molecular weight is 347 g/mol. The summed E-state index contributed by atoms with van der Waals surface area (Å²) in [6, 6.07) is 2.89. The molecule has 1 N–H and O–H groups in total. The number of carbonyl (C=O) groups is 2. The maximum absolute atomic E-state index is 11.6. The molecule has 0 heterocycles. The van der Waals surface area contributed by atoms with E-state index < -0.39 is 11.9 Å². The first-order valence-corrected chi connectivity index (χ1v) is 7.76. The van der Waals surface area contributed by atoms with Crippen molar-refractivity contribution in [1.29, 1.82) is 0 Å². The van der Waals surface area contributed by atoms with Gasteiger partial charge in [-0.15, -0.1) is 0 Å². The molecule has 0 aromatic heterocycles. The lowest BCUT2D eigenvalue weighted by Gasteiger charge is -2.14. The monoisotopic (exact) mass is 346 g/mol. The highest BCUT2D eigenvalue weighted by molar-refractivity contribution is 7.97. The van der Waals surface area contributed by atoms with Crippen molar-refractivity contribution in [2.24, 2.45) is 0 Å². The zero-order valence-corrected chi connectivity index (χ0v) is 13.8. The van der Waals surface area contributed by atoms with Crippen LogP contribution in [0.25, 0.3) is 0 Å². The minimum absolute atomic E-state index is 0.0188. The third kappa shape index (κ3) is 4.32. The number of rotatable bonds is 7. The number of hydrogen-bond donors (Lipinski definition) is 1. The number of ether oxygens (including phenoxy) is 3. The Labute approximate surface area is 137 Å². The van der Waals surface area contributed by atoms with Gasteiger partial charge in [-0.3, -0.25) is 0 Å². The van der Waals surface area contributed by atoms with Gasteiger partial charge in [0.1, 0.15) is 17.6 Å². The van der Waals surface area contributed by atoms with Gasteiger partial charge in [0.2, 0.25) is 5.76 Å². The van der Waals surface area contributed by atoms with Crippen molar-refractivity contribution in [3.63, 3.8) is 0 Å². The third-order valence-electron chi connectivity index (χ3n) is 2.55. The van der Waals surface area contributed by atoms with Gasteiger partial charge < -0.3 is 19.3 Å². The summed E-state index contributed by atoms with van der Waals surface area (Å²) in [7, 11) is 2.50. The lowest BCUT2D eigenvalue weighted by molar-refractivity contribution is -0.138. The van der Waals surface area contributed by atoms with Gasteiger partial charge in [-0.05, 0) is 24.0 Å². The van der Waals surface area contributed by atoms with Crippen molar-refractivity contribution < 1.29 is 28.9 Å². The molecule has 0 saturated carbocycles. The average Bonchev–Trinajstić information content (AvgIpc) is 2.49. The first-order valence-electron chi connectivity index (χ1n) is 5.99. The maximum atomic E-state index is 11.6. The molecule has 0 unspecified atom stereocenters. The molecule has 0 aliphatic heterocycles. The molecule has 1 aromatic carbocycles. The van der Waals surface area contributed by atoms with Crippen LogP contribution in [0.5, 0.6) is 5.75 Å². The van der Waals surface area contributed by atoms with Gasteiger partial charge in [-0.1, -0.05) is 11.6 Å². The molecule has 0 aliphatic carbocycles. The van der Waals surface area contributed by atoms with Crippen molar-refractivity contribution in [2.75, 3.05) is 20.5 Å². The van der Waals surface area contributed by atoms with Crippen LogP contribution in [0.2, 0.25) is 5.02 Å². The van der Waals surface area contributed by atoms with Crippen molar-refractivity contribution in [1.82, 2.24) is 0 Å². The van der Waals surface area contributed by atoms with Gasteiger partial charge in [-0.25, -0.2) is 9.59 Å². The number of carboxylic acid groups (broad SMARTS) is 1. The van der Waals surface area contributed by atoms with Crippen LogP contribution in [0.3, 0.4) is 0 Å². The van der Waals surface area contributed by atoms with Crippen molar-refractivity contribution in [2.45, 2.75) is 5.75 Å². The molecule has 8 heteroatoms. The summed E-state index contributed by atoms with van der Waals surface area (Å²) < 4.78 is 14.6. The molecule has 0 saturated heterocycles. The number of carboxylic acids is 1. The summed E-state index contributed by atoms with van der Waals surface area (Å²) in [6.45, 7) is 0. The smallest absolute Gasteiger partial charge is 0.377 e. The van der Waals surface area contributed by atoms with E-state index in [0.29, 0.717) is 16.3 Å². The normalized spacial score (nSPS) is 11.0. The highest BCUT2D eigenvalue weighted by Gasteiger charge is 2.23. The predicted octanol–water partition coefficient (Wildman–Crippen LogP) is 2.94. The van der Waals surface area contributed by atoms with Gasteiger partial charge in [0.25, 0.3) is 0 Å². The minimum Gasteiger partial charge on any atom is -0.500 e. The van der Waals surface area contributed by atoms with Crippen LogP contribution < -0.4 is 4.74 Å². The quantitative estimate of drug-likeness (QED) is 0.461. The molecule has 0 atom stereocenters. The lowest BCUT2D eigenvalue weighted by atomic mass is 10.1. The van der Waals surface area contributed by atoms with E-state index >= 15 is 0 Å². The zero-order valence-electron chi connectivity index (χ0n) is 12.2. The number of carbonyl (C=O) groups excluding carboxylic acids is 1. The Morgan fingerprint density at radius 3 is 2.55 bits per heavy atom. The predicted molar refractivity (Wildman–Crippen MR) is 83.4 cm³/mol. The molecule has 0 fully saturated rings. The Kier molecular flexibility index (Phi) is 7.07. The number of benzene rings is 1. The molecule has 22 heavy (non-hydrogen) atoms. The lowest BCUT2D eigenvalue weighted by Crippen LogP contribution is -2.14. The highest BCUT2D eigenvalue weighted by Crippen LogP contribution is 2.32. The first-order chi connectivity index (χ1) is 10.5. The van der Waals surface area contributed by atoms with E-state index in [-0.39, 0.29) is 17.1 Å². The maximum Gasteiger partial charge on any atom is 0.377 e. The summed E-state index contributed by atoms with van der Waals surface area (Å²) in [4.78, 5) is 23.1. The van der Waals surface area contributed by atoms with Crippen LogP contribution in [-0.4, -0.2) is 37.5 Å². The molecule has 0 aliphatic rings. The van der Waals surface area contributed by atoms with Crippen LogP contribution >= 0.6 is 23.4 Å². The topological polar surface area (TPSA) is 82.1 Å². The van der Waals surface area contributed by atoms with E-state index in [0.717, 1.165) is 6.26 Å². The molecular weight excluding hydrogens is 332 g/mol. The van der Waals surface area contributed by atoms with Crippen molar-refractivity contribution in [3.8, 4) is 5.75 Å². The number of aromatic carboxylic acids is 1. The summed E-state index contributed by atoms with van der Waals surface area (Å²) in [6.07, 6.45) is 2.85. The second-order valence-corrected chi connectivity index (χ2v) is 5.22. The Hall–Kier alpha value is -1.86. The molecule has 120 valence electrons. The molecule has 0 spiro atoms. The molecular formula is C14H15ClO6S. The van der Waals surface area contributed by atoms with Gasteiger partial charge in [0, 0.05) is 10.8 Å². The number of methoxy groups -OCH3 is 2. The second-order valence-electron chi connectivity index (χ2n) is 3.95. The summed E-state index contributed by atoms with van der Waals surface area (Å²) in [5, 5.41) is 9.74. The first kappa shape index (κ1) is 18.2. The molecule has 1 aromatic rings. The number of hydrogen-bond acceptors (Lipinski definition) is 6. The van der Waals surface area contributed by atoms with E-state index in [1.807, 2.05) is 6.26 Å². The highest BCUT2D eigenvalue weighted by atomic mass is 35.5. The van der Waals surface area contributed by atoms with Gasteiger partial charge >= 0.3 is 11.9 Å². The van der Waals surface area contributed by atoms with Crippen LogP contribution in [0.4, 0.5) is 0 Å². The molecule has 0 radical (unpaired) electrons. The Morgan fingerprint density at radius 2 is 2.05 bits per heavy atom. The summed E-state index contributed by atoms with van der Waals surface area (Å²) in [5.41, 5.74) is 0.313. The Bertz CT molecular complexity index is 599. The van der Waals surface area contributed by atoms with Crippen LogP contribution in [0, 0.1) is 0 Å². The fourth-order valence-electron chi connectivity index (χ4n) is 1.65. The fourth-order valence-corrected chi connectivity index (χ4v) is 2.54. The molecule has 0 bridgehead atoms. The Morgan fingerprint density at radius 1 is 1.36 bits per heavy atom. The van der Waals surface area contributed by atoms with Gasteiger partial charge in [0.05, 0.1) is 14.2 Å². The van der Waals surface area contributed by atoms with Crippen LogP contribution in [-0.2, 0) is 20.0 Å². The van der Waals surface area contributed by atoms with Crippen LogP contribution in [0.1, 0.15) is 15.9 Å². The third-order valence-corrected chi connectivity index (χ3v) is 3.48. The fraction of sp³-hybridized carbons (Fsp3) is 0.286. The van der Waals surface area contributed by atoms with Crippen LogP contribution in [0.15, 0.2) is 24.2 Å². The van der Waals surface area contributed by atoms with E-state index in [4.69, 9.17) is 21.1 Å². The van der Waals surface area contributed by atoms with E-state index in [2.05, 4.69) is 4.74 Å². The number of thioether (sulfide) groups is 1. The molecule has 1 rings (SSSR count). The second kappa shape index (κ2) is 8.55. The van der Waals surface area contributed by atoms with E-state index in [9.17, 15) is 14.7 Å². The Balaban J connectivity index is 3.35. The van der Waals surface area contributed by atoms with E-state index in [1.165, 1.54) is 38.1 Å². The van der Waals surface area contributed by atoms with E-state index in [1.54, 1.807) is 0 Å². The molecule has 6 nitrogen and oxygen atoms in total. The standard InChI is InChI=1S/C14H15ClO6S/c1-19-6-11(14(18)20-2)21-10-5-4-9(15)8(7-22-3)12(10)13(16)17/h4-6H,7H2,1-3H3,(H,16,17)/b11-6+. The van der Waals surface area contributed by atoms with Crippen molar-refractivity contribution >= 4 is 35.3 Å².